The highest BCUT2D eigenvalue weighted by Crippen LogP contribution is 2.29. The van der Waals surface area contributed by atoms with Crippen LogP contribution in [0.25, 0.3) is 0 Å². The number of nitriles is 1. The lowest BCUT2D eigenvalue weighted by atomic mass is 10.0. The van der Waals surface area contributed by atoms with Crippen molar-refractivity contribution in [3.05, 3.63) is 29.3 Å². The maximum Gasteiger partial charge on any atom is 0.101 e. The Bertz CT molecular complexity index is 476. The normalized spacial score (nSPS) is 18.2. The summed E-state index contributed by atoms with van der Waals surface area (Å²) in [6.07, 6.45) is 3.82. The number of nitrogens with one attached hydrogen (secondary N) is 1. The summed E-state index contributed by atoms with van der Waals surface area (Å²) in [5.74, 6) is 0.799. The molecule has 1 fully saturated rings. The van der Waals surface area contributed by atoms with Crippen molar-refractivity contribution in [2.45, 2.75) is 39.7 Å². The first-order chi connectivity index (χ1) is 9.78. The van der Waals surface area contributed by atoms with Gasteiger partial charge in [-0.25, -0.2) is 0 Å². The van der Waals surface area contributed by atoms with Gasteiger partial charge in [-0.15, -0.1) is 0 Å². The summed E-state index contributed by atoms with van der Waals surface area (Å²) in [4.78, 5) is 2.38. The third kappa shape index (κ3) is 3.52. The number of benzene rings is 1. The minimum atomic E-state index is 0.799. The Morgan fingerprint density at radius 2 is 2.25 bits per heavy atom. The molecule has 0 aromatic heterocycles. The zero-order chi connectivity index (χ0) is 14.4. The Morgan fingerprint density at radius 1 is 1.40 bits per heavy atom. The summed E-state index contributed by atoms with van der Waals surface area (Å²) >= 11 is 0. The summed E-state index contributed by atoms with van der Waals surface area (Å²) in [7, 11) is 0. The Labute approximate surface area is 122 Å². The van der Waals surface area contributed by atoms with E-state index in [9.17, 15) is 5.26 Å². The molecule has 1 aromatic rings. The zero-order valence-corrected chi connectivity index (χ0v) is 12.7. The maximum atomic E-state index is 9.40. The average Bonchev–Trinajstić information content (AvgIpc) is 2.93. The number of rotatable bonds is 6. The first kappa shape index (κ1) is 14.9. The van der Waals surface area contributed by atoms with Gasteiger partial charge in [0.1, 0.15) is 6.07 Å². The highest BCUT2D eigenvalue weighted by atomic mass is 15.2. The van der Waals surface area contributed by atoms with Gasteiger partial charge >= 0.3 is 0 Å². The molecule has 0 bridgehead atoms. The van der Waals surface area contributed by atoms with Gasteiger partial charge in [0, 0.05) is 19.6 Å². The molecule has 108 valence electrons. The van der Waals surface area contributed by atoms with Crippen LogP contribution in [0.4, 0.5) is 5.69 Å². The summed E-state index contributed by atoms with van der Waals surface area (Å²) < 4.78 is 0. The van der Waals surface area contributed by atoms with Crippen molar-refractivity contribution in [1.82, 2.24) is 5.32 Å². The van der Waals surface area contributed by atoms with Gasteiger partial charge in [0.2, 0.25) is 0 Å². The van der Waals surface area contributed by atoms with E-state index in [0.29, 0.717) is 0 Å². The molecule has 1 atom stereocenters. The molecule has 0 radical (unpaired) electrons. The van der Waals surface area contributed by atoms with E-state index in [1.165, 1.54) is 24.8 Å². The molecular weight excluding hydrogens is 246 g/mol. The Hall–Kier alpha value is -1.53. The van der Waals surface area contributed by atoms with Gasteiger partial charge in [-0.2, -0.15) is 5.26 Å². The molecule has 1 heterocycles. The molecule has 1 aromatic carbocycles. The number of hydrogen-bond acceptors (Lipinski definition) is 3. The standard InChI is InChI=1S/C17H25N3/c1-3-5-14-8-9-20(13-14)17-7-6-15(12-19-4-2)10-16(17)11-18/h6-7,10,14,19H,3-5,8-9,12-13H2,1-2H3. The van der Waals surface area contributed by atoms with Crippen LogP contribution in [-0.2, 0) is 6.54 Å². The van der Waals surface area contributed by atoms with E-state index >= 15 is 0 Å². The first-order valence-corrected chi connectivity index (χ1v) is 7.77. The van der Waals surface area contributed by atoms with Crippen LogP contribution in [0.15, 0.2) is 18.2 Å². The van der Waals surface area contributed by atoms with Crippen LogP contribution < -0.4 is 10.2 Å². The number of hydrogen-bond donors (Lipinski definition) is 1. The molecule has 0 spiro atoms. The minimum Gasteiger partial charge on any atom is -0.370 e. The highest BCUT2D eigenvalue weighted by molar-refractivity contribution is 5.61. The smallest absolute Gasteiger partial charge is 0.101 e. The van der Waals surface area contributed by atoms with E-state index in [2.05, 4.69) is 42.3 Å². The van der Waals surface area contributed by atoms with Gasteiger partial charge in [0.15, 0.2) is 0 Å². The van der Waals surface area contributed by atoms with Crippen molar-refractivity contribution >= 4 is 5.69 Å². The number of nitrogens with zero attached hydrogens (tertiary/aromatic N) is 2. The van der Waals surface area contributed by atoms with Crippen molar-refractivity contribution < 1.29 is 0 Å². The third-order valence-electron chi connectivity index (χ3n) is 4.08. The largest absolute Gasteiger partial charge is 0.370 e. The van der Waals surface area contributed by atoms with Crippen LogP contribution in [0.3, 0.4) is 0 Å². The van der Waals surface area contributed by atoms with E-state index < -0.39 is 0 Å². The zero-order valence-electron chi connectivity index (χ0n) is 12.7. The summed E-state index contributed by atoms with van der Waals surface area (Å²) in [6, 6.07) is 8.67. The fourth-order valence-electron chi connectivity index (χ4n) is 3.02. The van der Waals surface area contributed by atoms with E-state index in [1.54, 1.807) is 0 Å². The number of anilines is 1. The van der Waals surface area contributed by atoms with Crippen molar-refractivity contribution in [1.29, 1.82) is 5.26 Å². The second-order valence-corrected chi connectivity index (χ2v) is 5.63. The molecule has 1 aliphatic heterocycles. The molecule has 1 unspecified atom stereocenters. The molecular formula is C17H25N3. The molecule has 0 saturated carbocycles. The summed E-state index contributed by atoms with van der Waals surface area (Å²) in [6.45, 7) is 8.33. The van der Waals surface area contributed by atoms with Crippen LogP contribution >= 0.6 is 0 Å². The maximum absolute atomic E-state index is 9.40. The molecule has 1 saturated heterocycles. The van der Waals surface area contributed by atoms with E-state index in [-0.39, 0.29) is 0 Å². The second kappa shape index (κ2) is 7.31. The average molecular weight is 271 g/mol. The fourth-order valence-corrected chi connectivity index (χ4v) is 3.02. The monoisotopic (exact) mass is 271 g/mol. The van der Waals surface area contributed by atoms with Crippen LogP contribution in [0.5, 0.6) is 0 Å². The van der Waals surface area contributed by atoms with Gasteiger partial charge in [0.05, 0.1) is 11.3 Å². The van der Waals surface area contributed by atoms with Gasteiger partial charge < -0.3 is 10.2 Å². The second-order valence-electron chi connectivity index (χ2n) is 5.63. The molecule has 0 amide bonds. The van der Waals surface area contributed by atoms with E-state index in [1.807, 2.05) is 6.07 Å². The van der Waals surface area contributed by atoms with Crippen molar-refractivity contribution in [2.24, 2.45) is 5.92 Å². The van der Waals surface area contributed by atoms with E-state index in [0.717, 1.165) is 43.3 Å². The molecule has 2 rings (SSSR count). The molecule has 3 heteroatoms. The molecule has 20 heavy (non-hydrogen) atoms. The Balaban J connectivity index is 2.10. The van der Waals surface area contributed by atoms with Gasteiger partial charge in [-0.1, -0.05) is 26.3 Å². The lowest BCUT2D eigenvalue weighted by molar-refractivity contribution is 0.530. The predicted molar refractivity (Wildman–Crippen MR) is 83.8 cm³/mol. The lowest BCUT2D eigenvalue weighted by Crippen LogP contribution is -2.21. The molecule has 1 N–H and O–H groups in total. The summed E-state index contributed by atoms with van der Waals surface area (Å²) in [5, 5.41) is 12.7. The van der Waals surface area contributed by atoms with Crippen LogP contribution in [0, 0.1) is 17.2 Å². The van der Waals surface area contributed by atoms with Gasteiger partial charge in [-0.05, 0) is 43.0 Å². The van der Waals surface area contributed by atoms with E-state index in [4.69, 9.17) is 0 Å². The SMILES string of the molecule is CCCC1CCN(c2ccc(CNCC)cc2C#N)C1. The Morgan fingerprint density at radius 3 is 2.95 bits per heavy atom. The minimum absolute atomic E-state index is 0.799. The predicted octanol–water partition coefficient (Wildman–Crippen LogP) is 3.29. The first-order valence-electron chi connectivity index (χ1n) is 7.77. The van der Waals surface area contributed by atoms with Crippen LogP contribution in [0.2, 0.25) is 0 Å². The fraction of sp³-hybridized carbons (Fsp3) is 0.588. The van der Waals surface area contributed by atoms with Crippen molar-refractivity contribution in [3.8, 4) is 6.07 Å². The summed E-state index contributed by atoms with van der Waals surface area (Å²) in [5.41, 5.74) is 3.13. The lowest BCUT2D eigenvalue weighted by Gasteiger charge is -2.20. The van der Waals surface area contributed by atoms with Gasteiger partial charge in [0.25, 0.3) is 0 Å². The highest BCUT2D eigenvalue weighted by Gasteiger charge is 2.23. The van der Waals surface area contributed by atoms with Crippen LogP contribution in [0.1, 0.15) is 44.2 Å². The molecule has 3 nitrogen and oxygen atoms in total. The molecule has 0 aliphatic carbocycles. The topological polar surface area (TPSA) is 39.1 Å². The molecule has 1 aliphatic rings. The third-order valence-corrected chi connectivity index (χ3v) is 4.08. The van der Waals surface area contributed by atoms with Crippen LogP contribution in [-0.4, -0.2) is 19.6 Å². The van der Waals surface area contributed by atoms with Crippen molar-refractivity contribution in [3.63, 3.8) is 0 Å². The quantitative estimate of drug-likeness (QED) is 0.863. The Kier molecular flexibility index (Phi) is 5.43. The van der Waals surface area contributed by atoms with Crippen molar-refractivity contribution in [2.75, 3.05) is 24.5 Å². The van der Waals surface area contributed by atoms with Gasteiger partial charge in [-0.3, -0.25) is 0 Å².